The van der Waals surface area contributed by atoms with Gasteiger partial charge in [0, 0.05) is 5.02 Å². The van der Waals surface area contributed by atoms with E-state index in [1.807, 2.05) is 5.32 Å². The van der Waals surface area contributed by atoms with E-state index in [1.165, 1.54) is 25.3 Å². The Hall–Kier alpha value is -2.35. The van der Waals surface area contributed by atoms with Gasteiger partial charge in [0.05, 0.1) is 12.8 Å². The molecule has 0 bridgehead atoms. The Bertz CT molecular complexity index is 768. The first-order valence-corrected chi connectivity index (χ1v) is 6.32. The number of halogens is 6. The summed E-state index contributed by atoms with van der Waals surface area (Å²) in [7, 11) is 1.25. The van der Waals surface area contributed by atoms with Crippen LogP contribution in [0.3, 0.4) is 0 Å². The average molecular weight is 352 g/mol. The molecule has 0 aromatic heterocycles. The third kappa shape index (κ3) is 3.07. The molecule has 0 saturated heterocycles. The first kappa shape index (κ1) is 17.0. The molecule has 2 rings (SSSR count). The van der Waals surface area contributed by atoms with Crippen molar-refractivity contribution in [2.75, 3.05) is 12.4 Å². The summed E-state index contributed by atoms with van der Waals surface area (Å²) < 4.78 is 71.3. The standard InChI is InChI=1S/C14H7ClF5NO2/c1-23-7-3-2-5(15)4-6(7)21-14(22)8-9(16)11(18)13(20)12(19)10(8)17/h2-4H,1H3,(H,21,22). The fraction of sp³-hybridized carbons (Fsp3) is 0.0714. The Balaban J connectivity index is 2.49. The molecule has 0 unspecified atom stereocenters. The molecule has 23 heavy (non-hydrogen) atoms. The highest BCUT2D eigenvalue weighted by Gasteiger charge is 2.30. The number of benzene rings is 2. The topological polar surface area (TPSA) is 38.3 Å². The molecule has 0 atom stereocenters. The minimum Gasteiger partial charge on any atom is -0.495 e. The van der Waals surface area contributed by atoms with Crippen LogP contribution in [0.25, 0.3) is 0 Å². The molecular formula is C14H7ClF5NO2. The summed E-state index contributed by atoms with van der Waals surface area (Å²) in [6.07, 6.45) is 0. The van der Waals surface area contributed by atoms with Crippen LogP contribution < -0.4 is 10.1 Å². The first-order valence-electron chi connectivity index (χ1n) is 5.94. The van der Waals surface area contributed by atoms with E-state index in [2.05, 4.69) is 0 Å². The molecule has 1 N–H and O–H groups in total. The summed E-state index contributed by atoms with van der Waals surface area (Å²) in [6, 6.07) is 3.94. The number of anilines is 1. The normalized spacial score (nSPS) is 10.6. The largest absolute Gasteiger partial charge is 0.495 e. The van der Waals surface area contributed by atoms with Crippen molar-refractivity contribution in [1.82, 2.24) is 0 Å². The van der Waals surface area contributed by atoms with Crippen LogP contribution in [0.5, 0.6) is 5.75 Å². The second kappa shape index (κ2) is 6.41. The van der Waals surface area contributed by atoms with Crippen LogP contribution in [0.2, 0.25) is 5.02 Å². The van der Waals surface area contributed by atoms with Crippen LogP contribution >= 0.6 is 11.6 Å². The Morgan fingerprint density at radius 2 is 1.52 bits per heavy atom. The molecule has 2 aromatic rings. The van der Waals surface area contributed by atoms with Crippen molar-refractivity contribution in [2.24, 2.45) is 0 Å². The van der Waals surface area contributed by atoms with Gasteiger partial charge in [0.25, 0.3) is 5.91 Å². The van der Waals surface area contributed by atoms with Gasteiger partial charge in [-0.15, -0.1) is 0 Å². The highest BCUT2D eigenvalue weighted by molar-refractivity contribution is 6.31. The van der Waals surface area contributed by atoms with Gasteiger partial charge in [-0.1, -0.05) is 11.6 Å². The summed E-state index contributed by atoms with van der Waals surface area (Å²) in [5.41, 5.74) is -1.71. The fourth-order valence-electron chi connectivity index (χ4n) is 1.77. The van der Waals surface area contributed by atoms with E-state index in [1.54, 1.807) is 0 Å². The molecule has 1 amide bonds. The maximum Gasteiger partial charge on any atom is 0.261 e. The average Bonchev–Trinajstić information content (AvgIpc) is 2.51. The van der Waals surface area contributed by atoms with Gasteiger partial charge in [-0.25, -0.2) is 22.0 Å². The Labute approximate surface area is 131 Å². The van der Waals surface area contributed by atoms with Crippen LogP contribution in [0.4, 0.5) is 27.6 Å². The summed E-state index contributed by atoms with van der Waals surface area (Å²) in [5, 5.41) is 2.14. The SMILES string of the molecule is COc1ccc(Cl)cc1NC(=O)c1c(F)c(F)c(F)c(F)c1F. The molecule has 0 radical (unpaired) electrons. The number of carbonyl (C=O) groups excluding carboxylic acids is 1. The van der Waals surface area contributed by atoms with E-state index in [-0.39, 0.29) is 16.5 Å². The van der Waals surface area contributed by atoms with E-state index < -0.39 is 40.6 Å². The van der Waals surface area contributed by atoms with Crippen molar-refractivity contribution in [1.29, 1.82) is 0 Å². The predicted octanol–water partition coefficient (Wildman–Crippen LogP) is 4.30. The van der Waals surface area contributed by atoms with Crippen LogP contribution in [-0.2, 0) is 0 Å². The summed E-state index contributed by atoms with van der Waals surface area (Å²) in [6.45, 7) is 0. The third-order valence-electron chi connectivity index (χ3n) is 2.85. The molecular weight excluding hydrogens is 345 g/mol. The molecule has 0 aliphatic carbocycles. The molecule has 3 nitrogen and oxygen atoms in total. The van der Waals surface area contributed by atoms with E-state index in [0.29, 0.717) is 0 Å². The van der Waals surface area contributed by atoms with Crippen molar-refractivity contribution in [3.63, 3.8) is 0 Å². The Morgan fingerprint density at radius 3 is 2.04 bits per heavy atom. The molecule has 0 aliphatic heterocycles. The number of ether oxygens (including phenoxy) is 1. The van der Waals surface area contributed by atoms with Crippen LogP contribution in [0.15, 0.2) is 18.2 Å². The zero-order valence-corrected chi connectivity index (χ0v) is 12.1. The van der Waals surface area contributed by atoms with Crippen molar-refractivity contribution in [3.8, 4) is 5.75 Å². The van der Waals surface area contributed by atoms with E-state index in [0.717, 1.165) is 0 Å². The number of carbonyl (C=O) groups is 1. The minimum atomic E-state index is -2.35. The minimum absolute atomic E-state index is 0.0756. The van der Waals surface area contributed by atoms with Crippen molar-refractivity contribution < 1.29 is 31.5 Å². The lowest BCUT2D eigenvalue weighted by Gasteiger charge is -2.12. The first-order chi connectivity index (χ1) is 10.8. The maximum atomic E-state index is 13.6. The monoisotopic (exact) mass is 351 g/mol. The molecule has 0 spiro atoms. The van der Waals surface area contributed by atoms with Crippen LogP contribution in [0.1, 0.15) is 10.4 Å². The van der Waals surface area contributed by atoms with Gasteiger partial charge < -0.3 is 10.1 Å². The van der Waals surface area contributed by atoms with Gasteiger partial charge in [0.1, 0.15) is 11.3 Å². The number of amides is 1. The molecule has 0 fully saturated rings. The lowest BCUT2D eigenvalue weighted by molar-refractivity contribution is 0.101. The van der Waals surface area contributed by atoms with Crippen LogP contribution in [0, 0.1) is 29.1 Å². The molecule has 0 aliphatic rings. The Kier molecular flexibility index (Phi) is 4.74. The number of hydrogen-bond donors (Lipinski definition) is 1. The second-order valence-electron chi connectivity index (χ2n) is 4.24. The zero-order valence-electron chi connectivity index (χ0n) is 11.3. The fourth-order valence-corrected chi connectivity index (χ4v) is 1.94. The van der Waals surface area contributed by atoms with Gasteiger partial charge in [-0.05, 0) is 18.2 Å². The summed E-state index contributed by atoms with van der Waals surface area (Å²) in [4.78, 5) is 11.9. The van der Waals surface area contributed by atoms with Gasteiger partial charge in [-0.2, -0.15) is 0 Å². The number of methoxy groups -OCH3 is 1. The van der Waals surface area contributed by atoms with Gasteiger partial charge in [-0.3, -0.25) is 4.79 Å². The van der Waals surface area contributed by atoms with Crippen LogP contribution in [-0.4, -0.2) is 13.0 Å². The van der Waals surface area contributed by atoms with Gasteiger partial charge in [0.15, 0.2) is 23.3 Å². The lowest BCUT2D eigenvalue weighted by Crippen LogP contribution is -2.19. The van der Waals surface area contributed by atoms with Gasteiger partial charge in [0.2, 0.25) is 5.82 Å². The maximum absolute atomic E-state index is 13.6. The molecule has 0 heterocycles. The van der Waals surface area contributed by atoms with Crippen molar-refractivity contribution in [3.05, 3.63) is 57.9 Å². The molecule has 0 saturated carbocycles. The third-order valence-corrected chi connectivity index (χ3v) is 3.08. The lowest BCUT2D eigenvalue weighted by atomic mass is 10.1. The number of rotatable bonds is 3. The summed E-state index contributed by atoms with van der Waals surface area (Å²) >= 11 is 5.71. The highest BCUT2D eigenvalue weighted by atomic mass is 35.5. The van der Waals surface area contributed by atoms with E-state index >= 15 is 0 Å². The second-order valence-corrected chi connectivity index (χ2v) is 4.68. The summed E-state index contributed by atoms with van der Waals surface area (Å²) in [5.74, 6) is -12.7. The van der Waals surface area contributed by atoms with Gasteiger partial charge >= 0.3 is 0 Å². The smallest absolute Gasteiger partial charge is 0.261 e. The quantitative estimate of drug-likeness (QED) is 0.509. The number of hydrogen-bond acceptors (Lipinski definition) is 2. The molecule has 2 aromatic carbocycles. The highest BCUT2D eigenvalue weighted by Crippen LogP contribution is 2.29. The predicted molar refractivity (Wildman–Crippen MR) is 72.2 cm³/mol. The molecule has 122 valence electrons. The van der Waals surface area contributed by atoms with E-state index in [9.17, 15) is 26.7 Å². The zero-order chi connectivity index (χ0) is 17.3. The Morgan fingerprint density at radius 1 is 1.00 bits per heavy atom. The van der Waals surface area contributed by atoms with E-state index in [4.69, 9.17) is 16.3 Å². The number of nitrogens with one attached hydrogen (secondary N) is 1. The molecule has 9 heteroatoms. The van der Waals surface area contributed by atoms with Crippen molar-refractivity contribution in [2.45, 2.75) is 0 Å². The van der Waals surface area contributed by atoms with Crippen molar-refractivity contribution >= 4 is 23.2 Å².